The second-order valence-electron chi connectivity index (χ2n) is 15.0. The van der Waals surface area contributed by atoms with Crippen LogP contribution >= 0.6 is 11.8 Å². The molecule has 9 heteroatoms. The van der Waals surface area contributed by atoms with Crippen molar-refractivity contribution in [2.75, 3.05) is 12.3 Å². The third-order valence-corrected chi connectivity index (χ3v) is 14.1. The van der Waals surface area contributed by atoms with Gasteiger partial charge < -0.3 is 25.6 Å². The number of esters is 1. The summed E-state index contributed by atoms with van der Waals surface area (Å²) in [6, 6.07) is -0.179. The lowest BCUT2D eigenvalue weighted by molar-refractivity contribution is -0.205. The SMILES string of the molecule is C=C[C@]1(C)C[C@@H](OC(=O)CS[C@@H]2C[C@H](NC(=O)[C@H]3CCCCN3)CC[C@@H]2O)[C@]2(C)C(C)CCC3(CCC(=O)[C@H]32)[C@@H](C)[C@@H]1O. The minimum atomic E-state index is -0.694. The van der Waals surface area contributed by atoms with E-state index in [1.165, 1.54) is 11.8 Å². The molecule has 4 saturated carbocycles. The molecule has 1 saturated heterocycles. The fraction of sp³-hybridized carbons (Fsp3) is 0.853. The molecule has 2 bridgehead atoms. The quantitative estimate of drug-likeness (QED) is 0.248. The molecule has 1 heterocycles. The number of ketones is 1. The van der Waals surface area contributed by atoms with Crippen LogP contribution in [0.1, 0.15) is 98.3 Å². The summed E-state index contributed by atoms with van der Waals surface area (Å²) in [7, 11) is 0. The molecule has 0 spiro atoms. The van der Waals surface area contributed by atoms with Crippen molar-refractivity contribution in [3.63, 3.8) is 0 Å². The third-order valence-electron chi connectivity index (χ3n) is 12.7. The molecule has 4 aliphatic carbocycles. The molecule has 4 N–H and O–H groups in total. The Morgan fingerprint density at radius 1 is 1.14 bits per heavy atom. The van der Waals surface area contributed by atoms with E-state index in [2.05, 4.69) is 38.0 Å². The van der Waals surface area contributed by atoms with E-state index in [1.54, 1.807) is 0 Å². The number of thioether (sulfide) groups is 1. The van der Waals surface area contributed by atoms with Crippen molar-refractivity contribution in [2.45, 2.75) is 134 Å². The summed E-state index contributed by atoms with van der Waals surface area (Å²) in [5.74, 6) is -0.143. The maximum Gasteiger partial charge on any atom is 0.316 e. The molecule has 1 aliphatic heterocycles. The number of carbonyl (C=O) groups is 3. The smallest absolute Gasteiger partial charge is 0.316 e. The normalized spacial score (nSPS) is 46.7. The Hall–Kier alpha value is -1.42. The summed E-state index contributed by atoms with van der Waals surface area (Å²) in [5, 5.41) is 28.8. The average molecular weight is 619 g/mol. The Balaban J connectivity index is 1.29. The first kappa shape index (κ1) is 33.0. The fourth-order valence-corrected chi connectivity index (χ4v) is 10.8. The van der Waals surface area contributed by atoms with Gasteiger partial charge in [-0.3, -0.25) is 14.4 Å². The van der Waals surface area contributed by atoms with Crippen LogP contribution in [0.15, 0.2) is 12.7 Å². The number of aliphatic hydroxyl groups excluding tert-OH is 2. The molecule has 5 fully saturated rings. The van der Waals surface area contributed by atoms with E-state index in [9.17, 15) is 24.6 Å². The molecule has 8 nitrogen and oxygen atoms in total. The number of ether oxygens (including phenoxy) is 1. The van der Waals surface area contributed by atoms with Gasteiger partial charge in [-0.05, 0) is 81.6 Å². The van der Waals surface area contributed by atoms with E-state index in [-0.39, 0.29) is 63.9 Å². The molecule has 5 rings (SSSR count). The predicted octanol–water partition coefficient (Wildman–Crippen LogP) is 4.17. The number of aliphatic hydroxyl groups is 2. The van der Waals surface area contributed by atoms with Crippen molar-refractivity contribution >= 4 is 29.4 Å². The number of nitrogens with one attached hydrogen (secondary N) is 2. The summed E-state index contributed by atoms with van der Waals surface area (Å²) in [6.45, 7) is 13.4. The third kappa shape index (κ3) is 5.97. The number of piperidine rings is 1. The lowest BCUT2D eigenvalue weighted by Gasteiger charge is -2.61. The minimum Gasteiger partial charge on any atom is -0.461 e. The molecule has 0 radical (unpaired) electrons. The highest BCUT2D eigenvalue weighted by molar-refractivity contribution is 8.00. The van der Waals surface area contributed by atoms with Gasteiger partial charge in [-0.15, -0.1) is 18.3 Å². The molecule has 5 aliphatic rings. The van der Waals surface area contributed by atoms with Crippen LogP contribution in [0.25, 0.3) is 0 Å². The molecule has 0 aromatic heterocycles. The standard InChI is InChI=1S/C34H54N2O6S/c1-6-32(4)18-27(33(5)20(2)12-14-34(21(3)30(32)40)15-13-25(38)29(33)34)42-28(39)19-43-26-17-22(10-11-24(26)37)36-31(41)23-9-7-8-16-35-23/h6,20-24,26-27,29-30,35,37,40H,1,7-19H2,2-5H3,(H,36,41)/t20?,21-,22+,23+,24-,26+,27+,29-,30-,32+,33-,34?/m0/s1. The summed E-state index contributed by atoms with van der Waals surface area (Å²) in [6.07, 6.45) is 8.45. The van der Waals surface area contributed by atoms with E-state index >= 15 is 0 Å². The molecule has 43 heavy (non-hydrogen) atoms. The fourth-order valence-electron chi connectivity index (χ4n) is 9.67. The maximum absolute atomic E-state index is 13.6. The maximum atomic E-state index is 13.6. The lowest BCUT2D eigenvalue weighted by Crippen LogP contribution is -2.63. The topological polar surface area (TPSA) is 125 Å². The van der Waals surface area contributed by atoms with Gasteiger partial charge in [-0.2, -0.15) is 0 Å². The lowest BCUT2D eigenvalue weighted by atomic mass is 9.44. The Labute approximate surface area is 261 Å². The number of rotatable bonds is 7. The van der Waals surface area contributed by atoms with Gasteiger partial charge in [0.1, 0.15) is 11.9 Å². The van der Waals surface area contributed by atoms with Crippen molar-refractivity contribution in [1.82, 2.24) is 10.6 Å². The van der Waals surface area contributed by atoms with Crippen molar-refractivity contribution in [1.29, 1.82) is 0 Å². The Morgan fingerprint density at radius 3 is 2.60 bits per heavy atom. The zero-order valence-corrected chi connectivity index (χ0v) is 27.4. The van der Waals surface area contributed by atoms with Crippen LogP contribution in [0.4, 0.5) is 0 Å². The molecule has 12 atom stereocenters. The minimum absolute atomic E-state index is 0.0287. The zero-order valence-electron chi connectivity index (χ0n) is 26.6. The Bertz CT molecular complexity index is 1080. The summed E-state index contributed by atoms with van der Waals surface area (Å²) < 4.78 is 6.39. The molecule has 2 unspecified atom stereocenters. The van der Waals surface area contributed by atoms with Crippen LogP contribution in [0.3, 0.4) is 0 Å². The van der Waals surface area contributed by atoms with Gasteiger partial charge in [0.15, 0.2) is 0 Å². The second-order valence-corrected chi connectivity index (χ2v) is 16.2. The molecule has 0 aromatic carbocycles. The van der Waals surface area contributed by atoms with Crippen molar-refractivity contribution in [3.8, 4) is 0 Å². The van der Waals surface area contributed by atoms with Crippen LogP contribution in [0, 0.1) is 34.0 Å². The first-order valence-electron chi connectivity index (χ1n) is 16.7. The highest BCUT2D eigenvalue weighted by atomic mass is 32.2. The first-order chi connectivity index (χ1) is 20.4. The van der Waals surface area contributed by atoms with Gasteiger partial charge in [-0.1, -0.05) is 40.2 Å². The number of amides is 1. The summed E-state index contributed by atoms with van der Waals surface area (Å²) >= 11 is 1.40. The largest absolute Gasteiger partial charge is 0.461 e. The molecular weight excluding hydrogens is 564 g/mol. The number of hydrogen-bond donors (Lipinski definition) is 4. The van der Waals surface area contributed by atoms with Crippen LogP contribution in [0.5, 0.6) is 0 Å². The molecular formula is C34H54N2O6S. The van der Waals surface area contributed by atoms with Gasteiger partial charge in [-0.25, -0.2) is 0 Å². The highest BCUT2D eigenvalue weighted by Crippen LogP contribution is 2.68. The predicted molar refractivity (Wildman–Crippen MR) is 168 cm³/mol. The van der Waals surface area contributed by atoms with Crippen LogP contribution in [-0.4, -0.2) is 75.8 Å². The Morgan fingerprint density at radius 2 is 1.91 bits per heavy atom. The molecule has 1 amide bonds. The monoisotopic (exact) mass is 618 g/mol. The summed E-state index contributed by atoms with van der Waals surface area (Å²) in [5.41, 5.74) is -1.52. The van der Waals surface area contributed by atoms with Gasteiger partial charge >= 0.3 is 5.97 Å². The van der Waals surface area contributed by atoms with Gasteiger partial charge in [0.2, 0.25) is 5.91 Å². The first-order valence-corrected chi connectivity index (χ1v) is 17.8. The number of Topliss-reactive ketones (excluding diaryl/α,β-unsaturated/α-hetero) is 1. The van der Waals surface area contributed by atoms with E-state index < -0.39 is 29.1 Å². The average Bonchev–Trinajstić information content (AvgIpc) is 3.36. The van der Waals surface area contributed by atoms with E-state index in [1.807, 2.05) is 13.0 Å². The van der Waals surface area contributed by atoms with Crippen LogP contribution in [-0.2, 0) is 19.1 Å². The van der Waals surface area contributed by atoms with Crippen LogP contribution < -0.4 is 10.6 Å². The van der Waals surface area contributed by atoms with E-state index in [0.29, 0.717) is 25.7 Å². The van der Waals surface area contributed by atoms with Gasteiger partial charge in [0, 0.05) is 34.5 Å². The Kier molecular flexibility index (Phi) is 9.78. The van der Waals surface area contributed by atoms with E-state index in [4.69, 9.17) is 4.74 Å². The van der Waals surface area contributed by atoms with Gasteiger partial charge in [0.25, 0.3) is 0 Å². The number of carbonyl (C=O) groups excluding carboxylic acids is 3. The van der Waals surface area contributed by atoms with Crippen molar-refractivity contribution < 1.29 is 29.3 Å². The summed E-state index contributed by atoms with van der Waals surface area (Å²) in [4.78, 5) is 40.0. The van der Waals surface area contributed by atoms with Crippen molar-refractivity contribution in [3.05, 3.63) is 12.7 Å². The highest BCUT2D eigenvalue weighted by Gasteiger charge is 2.68. The van der Waals surface area contributed by atoms with Crippen LogP contribution in [0.2, 0.25) is 0 Å². The molecule has 0 aromatic rings. The van der Waals surface area contributed by atoms with Crippen molar-refractivity contribution in [2.24, 2.45) is 34.0 Å². The zero-order chi connectivity index (χ0) is 31.2. The number of hydrogen-bond acceptors (Lipinski definition) is 8. The molecule has 242 valence electrons. The van der Waals surface area contributed by atoms with E-state index in [0.717, 1.165) is 51.5 Å². The van der Waals surface area contributed by atoms with Gasteiger partial charge in [0.05, 0.1) is 24.0 Å². The second kappa shape index (κ2) is 12.8.